The Morgan fingerprint density at radius 1 is 1.23 bits per heavy atom. The molecular weight excluding hydrogens is 434 g/mol. The van der Waals surface area contributed by atoms with Gasteiger partial charge in [0.1, 0.15) is 35.1 Å². The van der Waals surface area contributed by atoms with Crippen LogP contribution in [0.5, 0.6) is 0 Å². The molecule has 0 radical (unpaired) electrons. The lowest BCUT2D eigenvalue weighted by molar-refractivity contribution is -0.0566. The second-order valence-corrected chi connectivity index (χ2v) is 8.13. The Kier molecular flexibility index (Phi) is 5.06. The van der Waals surface area contributed by atoms with Crippen molar-refractivity contribution in [2.45, 2.75) is 43.4 Å². The normalized spacial score (nSPS) is 27.7. The molecule has 5 atom stereocenters. The third kappa shape index (κ3) is 3.35. The molecule has 5 rings (SSSR count). The van der Waals surface area contributed by atoms with Gasteiger partial charge in [-0.05, 0) is 30.5 Å². The van der Waals surface area contributed by atoms with Crippen molar-refractivity contribution in [2.24, 2.45) is 0 Å². The molecule has 1 saturated heterocycles. The number of hydrogen-bond donors (Lipinski definition) is 4. The van der Waals surface area contributed by atoms with Gasteiger partial charge in [-0.1, -0.05) is 11.6 Å². The number of ether oxygens (including phenoxy) is 1. The van der Waals surface area contributed by atoms with Crippen LogP contribution in [0, 0.1) is 11.6 Å². The van der Waals surface area contributed by atoms with Gasteiger partial charge < -0.3 is 25.4 Å². The van der Waals surface area contributed by atoms with Crippen LogP contribution >= 0.6 is 11.6 Å². The largest absolute Gasteiger partial charge is 0.394 e. The van der Waals surface area contributed by atoms with E-state index >= 15 is 0 Å². The number of rotatable bonds is 4. The number of aromatic nitrogens is 3. The van der Waals surface area contributed by atoms with Crippen molar-refractivity contribution < 1.29 is 28.8 Å². The van der Waals surface area contributed by atoms with Crippen LogP contribution in [0.3, 0.4) is 0 Å². The fourth-order valence-electron chi connectivity index (χ4n) is 4.39. The summed E-state index contributed by atoms with van der Waals surface area (Å²) in [6, 6.07) is 3.39. The van der Waals surface area contributed by atoms with E-state index < -0.39 is 48.8 Å². The number of anilines is 1. The number of nitrogens with one attached hydrogen (secondary N) is 1. The summed E-state index contributed by atoms with van der Waals surface area (Å²) in [4.78, 5) is 4.27. The Balaban J connectivity index is 1.51. The minimum Gasteiger partial charge on any atom is -0.394 e. The number of aryl methyl sites for hydroxylation is 1. The van der Waals surface area contributed by atoms with Gasteiger partial charge in [-0.15, -0.1) is 0 Å². The molecule has 2 aliphatic rings. The highest BCUT2D eigenvalue weighted by molar-refractivity contribution is 6.30. The lowest BCUT2D eigenvalue weighted by Gasteiger charge is -2.18. The van der Waals surface area contributed by atoms with E-state index in [1.165, 1.54) is 16.9 Å². The number of nitrogens with zero attached hydrogens (tertiary/aromatic N) is 3. The molecule has 4 N–H and O–H groups in total. The molecule has 2 aromatic heterocycles. The maximum atomic E-state index is 14.4. The molecule has 0 spiro atoms. The molecule has 3 aromatic rings. The van der Waals surface area contributed by atoms with E-state index in [9.17, 15) is 24.1 Å². The summed E-state index contributed by atoms with van der Waals surface area (Å²) in [5, 5.41) is 37.8. The quantitative estimate of drug-likeness (QED) is 0.448. The van der Waals surface area contributed by atoms with Gasteiger partial charge in [0, 0.05) is 11.6 Å². The fraction of sp³-hybridized carbons (Fsp3) is 0.400. The number of pyridine rings is 1. The zero-order valence-electron chi connectivity index (χ0n) is 16.0. The zero-order chi connectivity index (χ0) is 21.9. The molecule has 0 bridgehead atoms. The Hall–Kier alpha value is -2.37. The highest BCUT2D eigenvalue weighted by atomic mass is 35.5. The van der Waals surface area contributed by atoms with Gasteiger partial charge in [-0.25, -0.2) is 18.4 Å². The summed E-state index contributed by atoms with van der Waals surface area (Å²) < 4.78 is 34.8. The molecule has 31 heavy (non-hydrogen) atoms. The Morgan fingerprint density at radius 2 is 2.03 bits per heavy atom. The van der Waals surface area contributed by atoms with E-state index in [0.29, 0.717) is 35.0 Å². The van der Waals surface area contributed by atoms with E-state index in [1.54, 1.807) is 6.07 Å². The predicted molar refractivity (Wildman–Crippen MR) is 107 cm³/mol. The van der Waals surface area contributed by atoms with Crippen molar-refractivity contribution >= 4 is 28.3 Å². The van der Waals surface area contributed by atoms with E-state index in [0.717, 1.165) is 6.07 Å². The van der Waals surface area contributed by atoms with Crippen LogP contribution in [0.25, 0.3) is 11.0 Å². The van der Waals surface area contributed by atoms with Crippen LogP contribution in [0.1, 0.15) is 29.8 Å². The standard InChI is InChI=1S/C20H19ClF2N4O4/c21-15-5-13(25-12-2-1-8-3-9(22)4-11(23)16(8)12)10-6-24-27(19(10)26-15)20-18(30)17(29)14(7-28)31-20/h3-6,12,14,17-18,20,28-30H,1-2,7H2,(H,25,26)/t12?,14-,17-,18-,20-/m1/s1. The van der Waals surface area contributed by atoms with Gasteiger partial charge in [-0.3, -0.25) is 0 Å². The highest BCUT2D eigenvalue weighted by Crippen LogP contribution is 2.39. The van der Waals surface area contributed by atoms with E-state index in [4.69, 9.17) is 16.3 Å². The maximum absolute atomic E-state index is 14.4. The molecule has 1 unspecified atom stereocenters. The first-order valence-electron chi connectivity index (χ1n) is 9.78. The van der Waals surface area contributed by atoms with Crippen LogP contribution < -0.4 is 5.32 Å². The van der Waals surface area contributed by atoms with Crippen molar-refractivity contribution in [3.8, 4) is 0 Å². The number of aliphatic hydroxyl groups is 3. The molecule has 1 aliphatic heterocycles. The summed E-state index contributed by atoms with van der Waals surface area (Å²) in [7, 11) is 0. The van der Waals surface area contributed by atoms with Crippen molar-refractivity contribution in [2.75, 3.05) is 11.9 Å². The maximum Gasteiger partial charge on any atom is 0.181 e. The lowest BCUT2D eigenvalue weighted by Crippen LogP contribution is -2.33. The van der Waals surface area contributed by atoms with Crippen LogP contribution in [0.4, 0.5) is 14.5 Å². The summed E-state index contributed by atoms with van der Waals surface area (Å²) in [5.74, 6) is -1.21. The second-order valence-electron chi connectivity index (χ2n) is 7.74. The minimum absolute atomic E-state index is 0.126. The first-order chi connectivity index (χ1) is 14.9. The molecule has 1 fully saturated rings. The Labute approximate surface area is 180 Å². The predicted octanol–water partition coefficient (Wildman–Crippen LogP) is 2.07. The summed E-state index contributed by atoms with van der Waals surface area (Å²) >= 11 is 6.21. The van der Waals surface area contributed by atoms with Gasteiger partial charge >= 0.3 is 0 Å². The van der Waals surface area contributed by atoms with Crippen LogP contribution in [-0.2, 0) is 11.2 Å². The number of halogens is 3. The van der Waals surface area contributed by atoms with E-state index in [2.05, 4.69) is 15.4 Å². The minimum atomic E-state index is -1.33. The van der Waals surface area contributed by atoms with Crippen molar-refractivity contribution in [3.05, 3.63) is 52.3 Å². The molecule has 1 aromatic carbocycles. The van der Waals surface area contributed by atoms with Crippen LogP contribution in [0.2, 0.25) is 5.15 Å². The number of hydrogen-bond acceptors (Lipinski definition) is 7. The van der Waals surface area contributed by atoms with E-state index in [1.807, 2.05) is 0 Å². The molecule has 0 amide bonds. The van der Waals surface area contributed by atoms with Gasteiger partial charge in [0.15, 0.2) is 11.9 Å². The van der Waals surface area contributed by atoms with Crippen molar-refractivity contribution in [1.29, 1.82) is 0 Å². The lowest BCUT2D eigenvalue weighted by atomic mass is 10.1. The Morgan fingerprint density at radius 3 is 2.77 bits per heavy atom. The first-order valence-corrected chi connectivity index (χ1v) is 10.2. The van der Waals surface area contributed by atoms with Crippen LogP contribution in [-0.4, -0.2) is 55.0 Å². The van der Waals surface area contributed by atoms with Gasteiger partial charge in [0.2, 0.25) is 0 Å². The first kappa shape index (κ1) is 20.5. The number of aliphatic hydroxyl groups excluding tert-OH is 3. The average molecular weight is 453 g/mol. The SMILES string of the molecule is OC[C@H]1O[C@@H](n2ncc3c(NC4CCc5cc(F)cc(F)c54)cc(Cl)nc32)[C@H](O)[C@@H]1O. The average Bonchev–Trinajstić information content (AvgIpc) is 3.39. The number of benzene rings is 1. The fourth-order valence-corrected chi connectivity index (χ4v) is 4.58. The highest BCUT2D eigenvalue weighted by Gasteiger charge is 2.44. The zero-order valence-corrected chi connectivity index (χ0v) is 16.8. The third-order valence-corrected chi connectivity index (χ3v) is 6.05. The second kappa shape index (κ2) is 7.64. The monoisotopic (exact) mass is 452 g/mol. The Bertz CT molecular complexity index is 1160. The molecule has 11 heteroatoms. The summed E-state index contributed by atoms with van der Waals surface area (Å²) in [6.07, 6.45) is -2.06. The molecule has 8 nitrogen and oxygen atoms in total. The molecule has 0 saturated carbocycles. The molecule has 164 valence electrons. The summed E-state index contributed by atoms with van der Waals surface area (Å²) in [6.45, 7) is -0.470. The van der Waals surface area contributed by atoms with Crippen LogP contribution in [0.15, 0.2) is 24.4 Å². The summed E-state index contributed by atoms with van der Waals surface area (Å²) in [5.41, 5.74) is 1.85. The van der Waals surface area contributed by atoms with Gasteiger partial charge in [0.05, 0.1) is 29.9 Å². The molecular formula is C20H19ClF2N4O4. The van der Waals surface area contributed by atoms with Gasteiger partial charge in [0.25, 0.3) is 0 Å². The number of fused-ring (bicyclic) bond motifs is 2. The van der Waals surface area contributed by atoms with Crippen molar-refractivity contribution in [1.82, 2.24) is 14.8 Å². The van der Waals surface area contributed by atoms with Crippen molar-refractivity contribution in [3.63, 3.8) is 0 Å². The topological polar surface area (TPSA) is 113 Å². The molecule has 3 heterocycles. The smallest absolute Gasteiger partial charge is 0.181 e. The van der Waals surface area contributed by atoms with E-state index in [-0.39, 0.29) is 10.8 Å². The molecule has 1 aliphatic carbocycles. The van der Waals surface area contributed by atoms with Gasteiger partial charge in [-0.2, -0.15) is 5.10 Å². The third-order valence-electron chi connectivity index (χ3n) is 5.85.